The summed E-state index contributed by atoms with van der Waals surface area (Å²) in [7, 11) is 0. The molecule has 2 rings (SSSR count). The van der Waals surface area contributed by atoms with Crippen molar-refractivity contribution in [2.45, 2.75) is 32.9 Å². The van der Waals surface area contributed by atoms with E-state index in [1.165, 1.54) is 0 Å². The van der Waals surface area contributed by atoms with Crippen LogP contribution in [0, 0.1) is 3.57 Å². The van der Waals surface area contributed by atoms with Gasteiger partial charge in [0.05, 0.1) is 5.69 Å². The van der Waals surface area contributed by atoms with E-state index in [9.17, 15) is 0 Å². The van der Waals surface area contributed by atoms with E-state index in [0.717, 1.165) is 15.0 Å². The highest BCUT2D eigenvalue weighted by Crippen LogP contribution is 2.22. The second-order valence-corrected chi connectivity index (χ2v) is 6.51. The Bertz CT molecular complexity index is 546. The average molecular weight is 372 g/mol. The van der Waals surface area contributed by atoms with Gasteiger partial charge in [-0.15, -0.1) is 0 Å². The maximum Gasteiger partial charge on any atom is 0.399 e. The summed E-state index contributed by atoms with van der Waals surface area (Å²) in [5.41, 5.74) is 0.880. The molecule has 0 amide bonds. The third kappa shape index (κ3) is 4.83. The van der Waals surface area contributed by atoms with Gasteiger partial charge in [-0.3, -0.25) is 0 Å². The van der Waals surface area contributed by atoms with Crippen molar-refractivity contribution in [3.63, 3.8) is 0 Å². The molecule has 0 aliphatic rings. The van der Waals surface area contributed by atoms with Crippen LogP contribution in [-0.4, -0.2) is 10.5 Å². The summed E-state index contributed by atoms with van der Waals surface area (Å²) < 4.78 is 12.0. The summed E-state index contributed by atoms with van der Waals surface area (Å²) in [5, 5.41) is 3.35. The lowest BCUT2D eigenvalue weighted by Gasteiger charge is -2.19. The SMILES string of the molecule is CC(C)(C)NCc1coc(Oc2cccc(I)c2)n1. The Morgan fingerprint density at radius 2 is 2.16 bits per heavy atom. The molecule has 0 saturated carbocycles. The highest BCUT2D eigenvalue weighted by Gasteiger charge is 2.11. The predicted molar refractivity (Wildman–Crippen MR) is 82.3 cm³/mol. The van der Waals surface area contributed by atoms with Crippen LogP contribution in [0.3, 0.4) is 0 Å². The molecular formula is C14H17IN2O2. The molecule has 1 aromatic heterocycles. The molecule has 102 valence electrons. The Labute approximate surface area is 126 Å². The fourth-order valence-electron chi connectivity index (χ4n) is 1.40. The first-order chi connectivity index (χ1) is 8.92. The van der Waals surface area contributed by atoms with Crippen molar-refractivity contribution in [1.82, 2.24) is 10.3 Å². The van der Waals surface area contributed by atoms with Crippen molar-refractivity contribution in [3.05, 3.63) is 39.8 Å². The van der Waals surface area contributed by atoms with Gasteiger partial charge in [-0.2, -0.15) is 4.98 Å². The van der Waals surface area contributed by atoms with Crippen LogP contribution in [0.5, 0.6) is 11.8 Å². The van der Waals surface area contributed by atoms with E-state index in [1.54, 1.807) is 6.26 Å². The first kappa shape index (κ1) is 14.3. The van der Waals surface area contributed by atoms with Crippen LogP contribution in [0.4, 0.5) is 0 Å². The van der Waals surface area contributed by atoms with E-state index in [2.05, 4.69) is 53.7 Å². The van der Waals surface area contributed by atoms with Gasteiger partial charge in [-0.05, 0) is 61.6 Å². The van der Waals surface area contributed by atoms with Crippen molar-refractivity contribution in [2.75, 3.05) is 0 Å². The molecule has 0 aliphatic carbocycles. The van der Waals surface area contributed by atoms with Crippen LogP contribution in [0.2, 0.25) is 0 Å². The second-order valence-electron chi connectivity index (χ2n) is 5.27. The molecule has 0 aliphatic heterocycles. The number of rotatable bonds is 4. The quantitative estimate of drug-likeness (QED) is 0.826. The molecule has 0 fully saturated rings. The van der Waals surface area contributed by atoms with Gasteiger partial charge in [0.15, 0.2) is 0 Å². The van der Waals surface area contributed by atoms with Crippen LogP contribution in [-0.2, 0) is 6.54 Å². The maximum atomic E-state index is 5.56. The Hall–Kier alpha value is -1.08. The largest absolute Gasteiger partial charge is 0.417 e. The van der Waals surface area contributed by atoms with Crippen molar-refractivity contribution in [3.8, 4) is 11.8 Å². The Morgan fingerprint density at radius 3 is 2.84 bits per heavy atom. The molecule has 1 aromatic carbocycles. The van der Waals surface area contributed by atoms with Crippen molar-refractivity contribution in [2.24, 2.45) is 0 Å². The number of halogens is 1. The fraction of sp³-hybridized carbons (Fsp3) is 0.357. The van der Waals surface area contributed by atoms with Gasteiger partial charge in [-0.25, -0.2) is 0 Å². The minimum atomic E-state index is 0.0511. The van der Waals surface area contributed by atoms with Crippen molar-refractivity contribution in [1.29, 1.82) is 0 Å². The fourth-order valence-corrected chi connectivity index (χ4v) is 1.92. The molecule has 0 unspecified atom stereocenters. The molecule has 1 heterocycles. The maximum absolute atomic E-state index is 5.56. The normalized spacial score (nSPS) is 11.6. The van der Waals surface area contributed by atoms with E-state index < -0.39 is 0 Å². The molecule has 1 N–H and O–H groups in total. The third-order valence-electron chi connectivity index (χ3n) is 2.33. The van der Waals surface area contributed by atoms with Gasteiger partial charge in [0.1, 0.15) is 12.0 Å². The minimum absolute atomic E-state index is 0.0511. The molecule has 5 heteroatoms. The number of aromatic nitrogens is 1. The van der Waals surface area contributed by atoms with E-state index in [0.29, 0.717) is 6.54 Å². The number of hydrogen-bond donors (Lipinski definition) is 1. The number of hydrogen-bond acceptors (Lipinski definition) is 4. The molecule has 19 heavy (non-hydrogen) atoms. The van der Waals surface area contributed by atoms with E-state index in [-0.39, 0.29) is 11.6 Å². The van der Waals surface area contributed by atoms with Crippen molar-refractivity contribution >= 4 is 22.6 Å². The average Bonchev–Trinajstić information content (AvgIpc) is 2.73. The number of benzene rings is 1. The highest BCUT2D eigenvalue weighted by atomic mass is 127. The van der Waals surface area contributed by atoms with E-state index in [1.807, 2.05) is 24.3 Å². The van der Waals surface area contributed by atoms with Crippen LogP contribution in [0.1, 0.15) is 26.5 Å². The lowest BCUT2D eigenvalue weighted by molar-refractivity contribution is 0.330. The summed E-state index contributed by atoms with van der Waals surface area (Å²) in [5.74, 6) is 0.726. The topological polar surface area (TPSA) is 47.3 Å². The Kier molecular flexibility index (Phi) is 4.46. The minimum Gasteiger partial charge on any atom is -0.417 e. The molecule has 0 atom stereocenters. The Balaban J connectivity index is 1.97. The number of nitrogens with one attached hydrogen (secondary N) is 1. The lowest BCUT2D eigenvalue weighted by atomic mass is 10.1. The summed E-state index contributed by atoms with van der Waals surface area (Å²) in [6, 6.07) is 7.74. The Morgan fingerprint density at radius 1 is 1.37 bits per heavy atom. The molecule has 0 radical (unpaired) electrons. The number of nitrogens with zero attached hydrogens (tertiary/aromatic N) is 1. The van der Waals surface area contributed by atoms with E-state index >= 15 is 0 Å². The molecule has 4 nitrogen and oxygen atoms in total. The van der Waals surface area contributed by atoms with Crippen LogP contribution < -0.4 is 10.1 Å². The number of ether oxygens (including phenoxy) is 1. The molecule has 0 spiro atoms. The van der Waals surface area contributed by atoms with Gasteiger partial charge in [0.25, 0.3) is 0 Å². The monoisotopic (exact) mass is 372 g/mol. The van der Waals surface area contributed by atoms with Gasteiger partial charge in [-0.1, -0.05) is 6.07 Å². The van der Waals surface area contributed by atoms with Crippen LogP contribution >= 0.6 is 22.6 Å². The summed E-state index contributed by atoms with van der Waals surface area (Å²) in [6.07, 6.45) is 1.88. The zero-order valence-electron chi connectivity index (χ0n) is 11.2. The van der Waals surface area contributed by atoms with Gasteiger partial charge in [0.2, 0.25) is 0 Å². The van der Waals surface area contributed by atoms with E-state index in [4.69, 9.17) is 9.15 Å². The highest BCUT2D eigenvalue weighted by molar-refractivity contribution is 14.1. The lowest BCUT2D eigenvalue weighted by Crippen LogP contribution is -2.35. The van der Waals surface area contributed by atoms with Gasteiger partial charge < -0.3 is 14.5 Å². The van der Waals surface area contributed by atoms with Crippen LogP contribution in [0.15, 0.2) is 34.9 Å². The molecular weight excluding hydrogens is 355 g/mol. The first-order valence-electron chi connectivity index (χ1n) is 6.05. The summed E-state index contributed by atoms with van der Waals surface area (Å²) in [6.45, 7) is 6.98. The molecule has 2 aromatic rings. The van der Waals surface area contributed by atoms with Gasteiger partial charge in [0, 0.05) is 15.7 Å². The van der Waals surface area contributed by atoms with Gasteiger partial charge >= 0.3 is 6.08 Å². The zero-order chi connectivity index (χ0) is 13.9. The number of oxazole rings is 1. The molecule has 0 saturated heterocycles. The van der Waals surface area contributed by atoms with Crippen molar-refractivity contribution < 1.29 is 9.15 Å². The smallest absolute Gasteiger partial charge is 0.399 e. The molecule has 0 bridgehead atoms. The second kappa shape index (κ2) is 5.92. The third-order valence-corrected chi connectivity index (χ3v) is 3.00. The summed E-state index contributed by atoms with van der Waals surface area (Å²) in [4.78, 5) is 4.28. The predicted octanol–water partition coefficient (Wildman–Crippen LogP) is 3.96. The zero-order valence-corrected chi connectivity index (χ0v) is 13.4. The standard InChI is InChI=1S/C14H17IN2O2/c1-14(2,3)16-8-11-9-18-13(17-11)19-12-6-4-5-10(15)7-12/h4-7,9,16H,8H2,1-3H3. The van der Waals surface area contributed by atoms with Crippen LogP contribution in [0.25, 0.3) is 0 Å². The summed E-state index contributed by atoms with van der Waals surface area (Å²) >= 11 is 2.23. The first-order valence-corrected chi connectivity index (χ1v) is 7.13.